The van der Waals surface area contributed by atoms with Crippen LogP contribution >= 0.6 is 0 Å². The van der Waals surface area contributed by atoms with E-state index in [4.69, 9.17) is 4.74 Å². The zero-order valence-electron chi connectivity index (χ0n) is 20.8. The molecule has 0 aliphatic heterocycles. The largest absolute Gasteiger partial charge is 0.497 e. The van der Waals surface area contributed by atoms with Gasteiger partial charge < -0.3 is 9.64 Å². The number of rotatable bonds is 7. The summed E-state index contributed by atoms with van der Waals surface area (Å²) in [5, 5.41) is 0. The highest BCUT2D eigenvalue weighted by Crippen LogP contribution is 2.36. The van der Waals surface area contributed by atoms with Gasteiger partial charge in [-0.2, -0.15) is 0 Å². The number of hydrogen-bond donors (Lipinski definition) is 0. The lowest BCUT2D eigenvalue weighted by Gasteiger charge is -2.25. The van der Waals surface area contributed by atoms with Crippen LogP contribution in [0.1, 0.15) is 24.5 Å². The number of nitrogens with zero attached hydrogens (tertiary/aromatic N) is 1. The van der Waals surface area contributed by atoms with Crippen molar-refractivity contribution in [3.8, 4) is 5.75 Å². The van der Waals surface area contributed by atoms with Crippen LogP contribution in [-0.2, 0) is 0 Å². The third-order valence-corrected chi connectivity index (χ3v) is 6.52. The highest BCUT2D eigenvalue weighted by Gasteiger charge is 2.13. The maximum atomic E-state index is 5.37. The zero-order valence-corrected chi connectivity index (χ0v) is 20.8. The minimum absolute atomic E-state index is 0.590. The normalized spacial score (nSPS) is 15.3. The summed E-state index contributed by atoms with van der Waals surface area (Å²) in [6.07, 6.45) is 10.3. The summed E-state index contributed by atoms with van der Waals surface area (Å²) in [6.45, 7) is 2.26. The average molecular weight is 470 g/mol. The van der Waals surface area contributed by atoms with Gasteiger partial charge in [-0.3, -0.25) is 0 Å². The molecule has 0 aromatic heterocycles. The van der Waals surface area contributed by atoms with Gasteiger partial charge in [0.1, 0.15) is 5.75 Å². The Kier molecular flexibility index (Phi) is 7.14. The molecule has 0 radical (unpaired) electrons. The van der Waals surface area contributed by atoms with Gasteiger partial charge in [0.2, 0.25) is 0 Å². The number of benzene rings is 4. The number of para-hydroxylation sites is 1. The van der Waals surface area contributed by atoms with Gasteiger partial charge in [0.25, 0.3) is 0 Å². The van der Waals surface area contributed by atoms with Gasteiger partial charge in [0.15, 0.2) is 0 Å². The third kappa shape index (κ3) is 5.34. The molecule has 2 nitrogen and oxygen atoms in total. The number of anilines is 3. The Morgan fingerprint density at radius 1 is 0.750 bits per heavy atom. The maximum Gasteiger partial charge on any atom is 0.119 e. The molecule has 1 aliphatic carbocycles. The lowest BCUT2D eigenvalue weighted by atomic mass is 9.89. The summed E-state index contributed by atoms with van der Waals surface area (Å²) < 4.78 is 5.37. The van der Waals surface area contributed by atoms with Crippen molar-refractivity contribution < 1.29 is 4.74 Å². The van der Waals surface area contributed by atoms with Crippen molar-refractivity contribution in [2.24, 2.45) is 5.92 Å². The first-order valence-electron chi connectivity index (χ1n) is 12.5. The van der Waals surface area contributed by atoms with E-state index < -0.39 is 0 Å². The second-order valence-electron chi connectivity index (χ2n) is 9.12. The summed E-state index contributed by atoms with van der Waals surface area (Å²) in [7, 11) is 1.69. The molecular weight excluding hydrogens is 438 g/mol. The van der Waals surface area contributed by atoms with Crippen LogP contribution in [0.4, 0.5) is 17.1 Å². The third-order valence-electron chi connectivity index (χ3n) is 6.52. The van der Waals surface area contributed by atoms with E-state index in [0.717, 1.165) is 29.2 Å². The minimum atomic E-state index is 0.590. The first kappa shape index (κ1) is 23.4. The van der Waals surface area contributed by atoms with Crippen molar-refractivity contribution in [3.05, 3.63) is 144 Å². The molecule has 0 saturated heterocycles. The Morgan fingerprint density at radius 3 is 1.92 bits per heavy atom. The molecule has 1 aliphatic rings. The summed E-state index contributed by atoms with van der Waals surface area (Å²) in [6, 6.07) is 38.1. The number of ether oxygens (including phenoxy) is 1. The van der Waals surface area contributed by atoms with Crippen LogP contribution in [0.5, 0.6) is 5.75 Å². The standard InChI is InChI=1S/C34H31NO/c1-26-13-17-29(18-14-26)34(28-9-5-3-6-10-28)25-27-15-19-31(20-16-27)35(30-11-7-4-8-12-30)32-21-23-33(36-2)24-22-32/h3-13,15-26H,14H2,1-2H3/b34-25+. The summed E-state index contributed by atoms with van der Waals surface area (Å²) in [5.41, 5.74) is 8.25. The van der Waals surface area contributed by atoms with Crippen LogP contribution in [0.15, 0.2) is 133 Å². The fourth-order valence-corrected chi connectivity index (χ4v) is 4.52. The van der Waals surface area contributed by atoms with Crippen LogP contribution < -0.4 is 9.64 Å². The van der Waals surface area contributed by atoms with Crippen LogP contribution in [-0.4, -0.2) is 7.11 Å². The molecule has 4 aromatic carbocycles. The molecule has 5 rings (SSSR count). The van der Waals surface area contributed by atoms with E-state index in [1.165, 1.54) is 22.3 Å². The fraction of sp³-hybridized carbons (Fsp3) is 0.118. The topological polar surface area (TPSA) is 12.5 Å². The Bertz CT molecular complexity index is 1370. The van der Waals surface area contributed by atoms with E-state index in [-0.39, 0.29) is 0 Å². The van der Waals surface area contributed by atoms with Crippen LogP contribution in [0.25, 0.3) is 11.6 Å². The molecule has 36 heavy (non-hydrogen) atoms. The number of hydrogen-bond acceptors (Lipinski definition) is 2. The van der Waals surface area contributed by atoms with Gasteiger partial charge in [-0.15, -0.1) is 0 Å². The molecule has 2 heteroatoms. The van der Waals surface area contributed by atoms with E-state index >= 15 is 0 Å². The van der Waals surface area contributed by atoms with Crippen molar-refractivity contribution in [3.63, 3.8) is 0 Å². The van der Waals surface area contributed by atoms with Crippen LogP contribution in [0, 0.1) is 5.92 Å². The Balaban J connectivity index is 1.52. The van der Waals surface area contributed by atoms with Gasteiger partial charge >= 0.3 is 0 Å². The van der Waals surface area contributed by atoms with Crippen molar-refractivity contribution >= 4 is 28.7 Å². The average Bonchev–Trinajstić information content (AvgIpc) is 2.95. The zero-order chi connectivity index (χ0) is 24.7. The molecule has 0 fully saturated rings. The summed E-state index contributed by atoms with van der Waals surface area (Å²) in [4.78, 5) is 2.26. The highest BCUT2D eigenvalue weighted by molar-refractivity contribution is 5.93. The SMILES string of the molecule is COc1ccc(N(c2ccccc2)c2ccc(/C=C(/C3=CCC(C)C=C3)c3ccccc3)cc2)cc1. The second kappa shape index (κ2) is 11.0. The Labute approximate surface area is 214 Å². The number of allylic oxidation sites excluding steroid dienone is 5. The monoisotopic (exact) mass is 469 g/mol. The van der Waals surface area contributed by atoms with Gasteiger partial charge in [0.05, 0.1) is 7.11 Å². The van der Waals surface area contributed by atoms with Gasteiger partial charge in [-0.1, -0.05) is 85.8 Å². The lowest BCUT2D eigenvalue weighted by molar-refractivity contribution is 0.415. The molecule has 0 spiro atoms. The predicted molar refractivity (Wildman–Crippen MR) is 153 cm³/mol. The van der Waals surface area contributed by atoms with Crippen molar-refractivity contribution in [1.29, 1.82) is 0 Å². The van der Waals surface area contributed by atoms with Crippen LogP contribution in [0.2, 0.25) is 0 Å². The first-order valence-corrected chi connectivity index (χ1v) is 12.5. The Hall–Kier alpha value is -4.30. The van der Waals surface area contributed by atoms with Gasteiger partial charge in [-0.25, -0.2) is 0 Å². The number of methoxy groups -OCH3 is 1. The first-order chi connectivity index (χ1) is 17.7. The quantitative estimate of drug-likeness (QED) is 0.250. The molecule has 0 heterocycles. The summed E-state index contributed by atoms with van der Waals surface area (Å²) >= 11 is 0. The van der Waals surface area contributed by atoms with Crippen LogP contribution in [0.3, 0.4) is 0 Å². The molecular formula is C34H31NO. The van der Waals surface area contributed by atoms with E-state index in [1.807, 2.05) is 18.2 Å². The van der Waals surface area contributed by atoms with E-state index in [2.05, 4.69) is 127 Å². The minimum Gasteiger partial charge on any atom is -0.497 e. The van der Waals surface area contributed by atoms with Crippen molar-refractivity contribution in [2.45, 2.75) is 13.3 Å². The fourth-order valence-electron chi connectivity index (χ4n) is 4.52. The molecule has 0 N–H and O–H groups in total. The van der Waals surface area contributed by atoms with Gasteiger partial charge in [-0.05, 0) is 89.2 Å². The van der Waals surface area contributed by atoms with E-state index in [9.17, 15) is 0 Å². The molecule has 4 aromatic rings. The highest BCUT2D eigenvalue weighted by atomic mass is 16.5. The second-order valence-corrected chi connectivity index (χ2v) is 9.12. The lowest BCUT2D eigenvalue weighted by Crippen LogP contribution is -2.09. The van der Waals surface area contributed by atoms with E-state index in [0.29, 0.717) is 5.92 Å². The summed E-state index contributed by atoms with van der Waals surface area (Å²) in [5.74, 6) is 1.44. The molecule has 178 valence electrons. The Morgan fingerprint density at radius 2 is 1.33 bits per heavy atom. The predicted octanol–water partition coefficient (Wildman–Crippen LogP) is 9.23. The molecule has 1 unspecified atom stereocenters. The van der Waals surface area contributed by atoms with Crippen molar-refractivity contribution in [2.75, 3.05) is 12.0 Å². The van der Waals surface area contributed by atoms with Crippen molar-refractivity contribution in [1.82, 2.24) is 0 Å². The molecule has 0 bridgehead atoms. The molecule has 0 saturated carbocycles. The van der Waals surface area contributed by atoms with E-state index in [1.54, 1.807) is 7.11 Å². The van der Waals surface area contributed by atoms with Gasteiger partial charge in [0, 0.05) is 17.1 Å². The smallest absolute Gasteiger partial charge is 0.119 e. The molecule has 0 amide bonds. The molecule has 1 atom stereocenters. The maximum absolute atomic E-state index is 5.37.